The van der Waals surface area contributed by atoms with Gasteiger partial charge in [-0.15, -0.1) is 0 Å². The van der Waals surface area contributed by atoms with Gasteiger partial charge in [0.25, 0.3) is 0 Å². The molecule has 1 rings (SSSR count). The van der Waals surface area contributed by atoms with Crippen molar-refractivity contribution in [2.45, 2.75) is 52.7 Å². The van der Waals surface area contributed by atoms with Crippen molar-refractivity contribution in [3.8, 4) is 0 Å². The molecular formula is C14H23ClN2O. The maximum absolute atomic E-state index is 9.27. The number of aliphatic hydroxyl groups excluding tert-OH is 1. The van der Waals surface area contributed by atoms with Gasteiger partial charge in [-0.2, -0.15) is 0 Å². The van der Waals surface area contributed by atoms with Crippen molar-refractivity contribution in [3.63, 3.8) is 0 Å². The van der Waals surface area contributed by atoms with E-state index in [1.807, 2.05) is 6.07 Å². The first kappa shape index (κ1) is 15.3. The molecule has 0 aliphatic rings. The Balaban J connectivity index is 2.96. The van der Waals surface area contributed by atoms with Crippen LogP contribution in [-0.4, -0.2) is 22.7 Å². The van der Waals surface area contributed by atoms with Crippen LogP contribution in [0.1, 0.15) is 45.6 Å². The van der Waals surface area contributed by atoms with Gasteiger partial charge in [0.2, 0.25) is 0 Å². The van der Waals surface area contributed by atoms with Gasteiger partial charge in [-0.05, 0) is 25.8 Å². The molecule has 0 aliphatic heterocycles. The summed E-state index contributed by atoms with van der Waals surface area (Å²) >= 11 is 5.98. The largest absolute Gasteiger partial charge is 0.392 e. The average molecular weight is 271 g/mol. The summed E-state index contributed by atoms with van der Waals surface area (Å²) in [6.07, 6.45) is 5.00. The molecule has 0 fully saturated rings. The maximum atomic E-state index is 9.27. The summed E-state index contributed by atoms with van der Waals surface area (Å²) in [6.45, 7) is 7.50. The Morgan fingerprint density at radius 1 is 1.44 bits per heavy atom. The van der Waals surface area contributed by atoms with E-state index < -0.39 is 0 Å². The van der Waals surface area contributed by atoms with Gasteiger partial charge in [-0.25, -0.2) is 4.98 Å². The van der Waals surface area contributed by atoms with Crippen molar-refractivity contribution in [2.24, 2.45) is 0 Å². The van der Waals surface area contributed by atoms with Gasteiger partial charge in [0.1, 0.15) is 5.82 Å². The minimum Gasteiger partial charge on any atom is -0.392 e. The molecule has 0 bridgehead atoms. The molecule has 1 atom stereocenters. The molecule has 1 aromatic rings. The first-order valence-electron chi connectivity index (χ1n) is 6.65. The molecule has 18 heavy (non-hydrogen) atoms. The van der Waals surface area contributed by atoms with E-state index in [-0.39, 0.29) is 6.61 Å². The predicted molar refractivity (Wildman–Crippen MR) is 77.2 cm³/mol. The maximum Gasteiger partial charge on any atom is 0.129 e. The van der Waals surface area contributed by atoms with Gasteiger partial charge >= 0.3 is 0 Å². The summed E-state index contributed by atoms with van der Waals surface area (Å²) in [5.41, 5.74) is 0.742. The van der Waals surface area contributed by atoms with E-state index in [9.17, 15) is 5.11 Å². The van der Waals surface area contributed by atoms with Crippen LogP contribution in [0.15, 0.2) is 12.3 Å². The number of hydrogen-bond donors (Lipinski definition) is 1. The zero-order chi connectivity index (χ0) is 13.5. The fraction of sp³-hybridized carbons (Fsp3) is 0.643. The first-order chi connectivity index (χ1) is 8.63. The highest BCUT2D eigenvalue weighted by Gasteiger charge is 2.15. The average Bonchev–Trinajstić information content (AvgIpc) is 2.40. The van der Waals surface area contributed by atoms with Crippen LogP contribution in [0.4, 0.5) is 5.82 Å². The Morgan fingerprint density at radius 3 is 2.72 bits per heavy atom. The van der Waals surface area contributed by atoms with Crippen molar-refractivity contribution in [1.29, 1.82) is 0 Å². The molecule has 1 unspecified atom stereocenters. The van der Waals surface area contributed by atoms with E-state index in [1.54, 1.807) is 6.20 Å². The third kappa shape index (κ3) is 3.85. The molecule has 0 aliphatic carbocycles. The SMILES string of the molecule is CCCCN(c1cc(CO)c(Cl)cn1)C(C)CC. The first-order valence-corrected chi connectivity index (χ1v) is 7.03. The van der Waals surface area contributed by atoms with E-state index in [2.05, 4.69) is 30.7 Å². The van der Waals surface area contributed by atoms with Crippen LogP contribution in [0.5, 0.6) is 0 Å². The van der Waals surface area contributed by atoms with Gasteiger partial charge in [0.05, 0.1) is 11.6 Å². The van der Waals surface area contributed by atoms with Gasteiger partial charge < -0.3 is 10.0 Å². The molecule has 1 heterocycles. The molecule has 1 aromatic heterocycles. The van der Waals surface area contributed by atoms with Crippen LogP contribution in [0.2, 0.25) is 5.02 Å². The fourth-order valence-corrected chi connectivity index (χ4v) is 2.02. The highest BCUT2D eigenvalue weighted by atomic mass is 35.5. The lowest BCUT2D eigenvalue weighted by atomic mass is 10.1. The molecule has 4 heteroatoms. The second-order valence-corrected chi connectivity index (χ2v) is 5.00. The van der Waals surface area contributed by atoms with Crippen LogP contribution in [0.25, 0.3) is 0 Å². The zero-order valence-electron chi connectivity index (χ0n) is 11.5. The lowest BCUT2D eigenvalue weighted by molar-refractivity contribution is 0.282. The Labute approximate surface area is 115 Å². The highest BCUT2D eigenvalue weighted by Crippen LogP contribution is 2.23. The summed E-state index contributed by atoms with van der Waals surface area (Å²) in [5, 5.41) is 9.79. The third-order valence-corrected chi connectivity index (χ3v) is 3.60. The molecule has 0 spiro atoms. The van der Waals surface area contributed by atoms with Gasteiger partial charge in [-0.3, -0.25) is 0 Å². The molecule has 1 N–H and O–H groups in total. The summed E-state index contributed by atoms with van der Waals surface area (Å²) in [4.78, 5) is 6.68. The minimum atomic E-state index is -0.0452. The van der Waals surface area contributed by atoms with Crippen LogP contribution >= 0.6 is 11.6 Å². The van der Waals surface area contributed by atoms with E-state index >= 15 is 0 Å². The number of aliphatic hydroxyl groups is 1. The van der Waals surface area contributed by atoms with Crippen molar-refractivity contribution >= 4 is 17.4 Å². The Bertz CT molecular complexity index is 371. The molecule has 3 nitrogen and oxygen atoms in total. The summed E-state index contributed by atoms with van der Waals surface area (Å²) < 4.78 is 0. The zero-order valence-corrected chi connectivity index (χ0v) is 12.2. The van der Waals surface area contributed by atoms with Crippen molar-refractivity contribution in [2.75, 3.05) is 11.4 Å². The number of aromatic nitrogens is 1. The standard InChI is InChI=1S/C14H23ClN2O/c1-4-6-7-17(11(3)5-2)14-8-12(10-18)13(15)9-16-14/h8-9,11,18H,4-7,10H2,1-3H3. The number of unbranched alkanes of at least 4 members (excludes halogenated alkanes) is 1. The lowest BCUT2D eigenvalue weighted by Crippen LogP contribution is -2.34. The van der Waals surface area contributed by atoms with Crippen molar-refractivity contribution < 1.29 is 5.11 Å². The lowest BCUT2D eigenvalue weighted by Gasteiger charge is -2.30. The number of anilines is 1. The summed E-state index contributed by atoms with van der Waals surface area (Å²) in [7, 11) is 0. The van der Waals surface area contributed by atoms with Gasteiger partial charge in [-0.1, -0.05) is 31.9 Å². The fourth-order valence-electron chi connectivity index (χ4n) is 1.86. The van der Waals surface area contributed by atoms with Gasteiger partial charge in [0.15, 0.2) is 0 Å². The minimum absolute atomic E-state index is 0.0452. The number of hydrogen-bond acceptors (Lipinski definition) is 3. The number of pyridine rings is 1. The normalized spacial score (nSPS) is 12.5. The molecule has 0 amide bonds. The quantitative estimate of drug-likeness (QED) is 0.822. The molecular weight excluding hydrogens is 248 g/mol. The molecule has 0 radical (unpaired) electrons. The van der Waals surface area contributed by atoms with Crippen LogP contribution in [-0.2, 0) is 6.61 Å². The summed E-state index contributed by atoms with van der Waals surface area (Å²) in [5.74, 6) is 0.909. The molecule has 0 aromatic carbocycles. The topological polar surface area (TPSA) is 36.4 Å². The third-order valence-electron chi connectivity index (χ3n) is 3.26. The van der Waals surface area contributed by atoms with E-state index in [0.717, 1.165) is 37.2 Å². The Morgan fingerprint density at radius 2 is 2.17 bits per heavy atom. The summed E-state index contributed by atoms with van der Waals surface area (Å²) in [6, 6.07) is 2.33. The molecule has 102 valence electrons. The van der Waals surface area contributed by atoms with Crippen molar-refractivity contribution in [3.05, 3.63) is 22.8 Å². The molecule has 0 saturated carbocycles. The smallest absolute Gasteiger partial charge is 0.129 e. The number of rotatable bonds is 7. The van der Waals surface area contributed by atoms with Crippen LogP contribution < -0.4 is 4.90 Å². The van der Waals surface area contributed by atoms with E-state index in [0.29, 0.717) is 11.1 Å². The molecule has 0 saturated heterocycles. The van der Waals surface area contributed by atoms with Crippen molar-refractivity contribution in [1.82, 2.24) is 4.98 Å². The van der Waals surface area contributed by atoms with E-state index in [1.165, 1.54) is 0 Å². The van der Waals surface area contributed by atoms with E-state index in [4.69, 9.17) is 11.6 Å². The number of halogens is 1. The predicted octanol–water partition coefficient (Wildman–Crippen LogP) is 3.63. The Kier molecular flexibility index (Phi) is 6.44. The second-order valence-electron chi connectivity index (χ2n) is 4.60. The van der Waals surface area contributed by atoms with Gasteiger partial charge in [0, 0.05) is 24.3 Å². The van der Waals surface area contributed by atoms with Crippen LogP contribution in [0.3, 0.4) is 0 Å². The van der Waals surface area contributed by atoms with Crippen LogP contribution in [0, 0.1) is 0 Å². The monoisotopic (exact) mass is 270 g/mol. The number of nitrogens with zero attached hydrogens (tertiary/aromatic N) is 2. The highest BCUT2D eigenvalue weighted by molar-refractivity contribution is 6.31. The Hall–Kier alpha value is -0.800. The second kappa shape index (κ2) is 7.59.